The van der Waals surface area contributed by atoms with E-state index in [1.807, 2.05) is 6.07 Å². The summed E-state index contributed by atoms with van der Waals surface area (Å²) in [6, 6.07) is 6.77. The van der Waals surface area contributed by atoms with E-state index in [9.17, 15) is 4.79 Å². The maximum Gasteiger partial charge on any atom is 0.254 e. The van der Waals surface area contributed by atoms with E-state index in [0.717, 1.165) is 0 Å². The van der Waals surface area contributed by atoms with Crippen molar-refractivity contribution in [2.75, 3.05) is 6.54 Å². The predicted molar refractivity (Wildman–Crippen MR) is 59.0 cm³/mol. The number of hydrogen-bond donors (Lipinski definition) is 1. The number of hydrogen-bond acceptors (Lipinski definition) is 2. The van der Waals surface area contributed by atoms with Crippen molar-refractivity contribution in [3.05, 3.63) is 33.8 Å². The van der Waals surface area contributed by atoms with Gasteiger partial charge in [0, 0.05) is 6.54 Å². The molecule has 0 saturated heterocycles. The summed E-state index contributed by atoms with van der Waals surface area (Å²) < 4.78 is 0. The van der Waals surface area contributed by atoms with Gasteiger partial charge in [-0.2, -0.15) is 5.26 Å². The highest BCUT2D eigenvalue weighted by molar-refractivity contribution is 6.39. The molecule has 0 aromatic heterocycles. The van der Waals surface area contributed by atoms with Crippen LogP contribution in [0.2, 0.25) is 10.0 Å². The molecule has 1 amide bonds. The van der Waals surface area contributed by atoms with Crippen molar-refractivity contribution < 1.29 is 4.79 Å². The summed E-state index contributed by atoms with van der Waals surface area (Å²) in [5, 5.41) is 11.5. The molecule has 0 radical (unpaired) electrons. The summed E-state index contributed by atoms with van der Waals surface area (Å²) in [6.45, 7) is 0.289. The van der Waals surface area contributed by atoms with Crippen LogP contribution in [-0.4, -0.2) is 12.5 Å². The van der Waals surface area contributed by atoms with Gasteiger partial charge in [-0.3, -0.25) is 4.79 Å². The first-order chi connectivity index (χ1) is 7.16. The minimum Gasteiger partial charge on any atom is -0.351 e. The van der Waals surface area contributed by atoms with Crippen LogP contribution in [-0.2, 0) is 0 Å². The van der Waals surface area contributed by atoms with Gasteiger partial charge in [0.15, 0.2) is 0 Å². The van der Waals surface area contributed by atoms with E-state index < -0.39 is 0 Å². The Kier molecular flexibility index (Phi) is 4.41. The van der Waals surface area contributed by atoms with Crippen LogP contribution in [0.1, 0.15) is 16.8 Å². The van der Waals surface area contributed by atoms with Crippen molar-refractivity contribution in [3.63, 3.8) is 0 Å². The minimum atomic E-state index is -0.360. The minimum absolute atomic E-state index is 0.249. The molecule has 0 heterocycles. The Bertz CT molecular complexity index is 392. The maximum atomic E-state index is 11.6. The largest absolute Gasteiger partial charge is 0.351 e. The third-order valence-corrected chi connectivity index (χ3v) is 2.34. The number of carbonyl (C=O) groups is 1. The molecule has 15 heavy (non-hydrogen) atoms. The molecule has 0 bridgehead atoms. The molecule has 0 atom stereocenters. The highest BCUT2D eigenvalue weighted by Gasteiger charge is 2.13. The first-order valence-electron chi connectivity index (χ1n) is 4.26. The van der Waals surface area contributed by atoms with Crippen molar-refractivity contribution in [1.82, 2.24) is 5.32 Å². The highest BCUT2D eigenvalue weighted by Crippen LogP contribution is 2.23. The van der Waals surface area contributed by atoms with E-state index in [1.165, 1.54) is 0 Å². The van der Waals surface area contributed by atoms with E-state index in [-0.39, 0.29) is 24.4 Å². The van der Waals surface area contributed by atoms with E-state index >= 15 is 0 Å². The molecule has 0 aliphatic heterocycles. The second kappa shape index (κ2) is 5.59. The summed E-state index contributed by atoms with van der Waals surface area (Å²) in [5.74, 6) is -0.360. The summed E-state index contributed by atoms with van der Waals surface area (Å²) in [5.41, 5.74) is 0.249. The molecule has 78 valence electrons. The molecule has 0 aliphatic rings. The lowest BCUT2D eigenvalue weighted by Crippen LogP contribution is -2.24. The van der Waals surface area contributed by atoms with Crippen LogP contribution in [0.4, 0.5) is 0 Å². The zero-order valence-corrected chi connectivity index (χ0v) is 9.27. The lowest BCUT2D eigenvalue weighted by Gasteiger charge is -2.06. The fourth-order valence-corrected chi connectivity index (χ4v) is 1.60. The van der Waals surface area contributed by atoms with Crippen LogP contribution in [0.5, 0.6) is 0 Å². The molecule has 0 aliphatic carbocycles. The van der Waals surface area contributed by atoms with Gasteiger partial charge in [0.1, 0.15) is 0 Å². The van der Waals surface area contributed by atoms with Crippen molar-refractivity contribution in [2.45, 2.75) is 6.42 Å². The van der Waals surface area contributed by atoms with Crippen molar-refractivity contribution in [1.29, 1.82) is 5.26 Å². The van der Waals surface area contributed by atoms with Crippen LogP contribution in [0.15, 0.2) is 18.2 Å². The molecular formula is C10H8Cl2N2O. The van der Waals surface area contributed by atoms with Crippen molar-refractivity contribution in [2.24, 2.45) is 0 Å². The molecule has 1 aromatic carbocycles. The van der Waals surface area contributed by atoms with Gasteiger partial charge >= 0.3 is 0 Å². The van der Waals surface area contributed by atoms with Crippen molar-refractivity contribution in [3.8, 4) is 6.07 Å². The second-order valence-electron chi connectivity index (χ2n) is 2.76. The lowest BCUT2D eigenvalue weighted by molar-refractivity contribution is 0.0955. The Morgan fingerprint density at radius 3 is 2.53 bits per heavy atom. The van der Waals surface area contributed by atoms with Crippen LogP contribution in [0.3, 0.4) is 0 Å². The van der Waals surface area contributed by atoms with Crippen LogP contribution in [0.25, 0.3) is 0 Å². The van der Waals surface area contributed by atoms with Gasteiger partial charge in [0.05, 0.1) is 28.1 Å². The van der Waals surface area contributed by atoms with Crippen LogP contribution >= 0.6 is 23.2 Å². The van der Waals surface area contributed by atoms with E-state index in [4.69, 9.17) is 28.5 Å². The van der Waals surface area contributed by atoms with Gasteiger partial charge in [-0.05, 0) is 12.1 Å². The molecule has 3 nitrogen and oxygen atoms in total. The monoisotopic (exact) mass is 242 g/mol. The summed E-state index contributed by atoms with van der Waals surface area (Å²) >= 11 is 11.7. The number of amides is 1. The Labute approximate surface area is 97.6 Å². The van der Waals surface area contributed by atoms with Gasteiger partial charge in [-0.25, -0.2) is 0 Å². The first kappa shape index (κ1) is 11.8. The van der Waals surface area contributed by atoms with E-state index in [0.29, 0.717) is 10.0 Å². The Morgan fingerprint density at radius 1 is 1.40 bits per heavy atom. The van der Waals surface area contributed by atoms with Crippen LogP contribution in [0, 0.1) is 11.3 Å². The number of nitrogens with one attached hydrogen (secondary N) is 1. The van der Waals surface area contributed by atoms with Gasteiger partial charge in [0.2, 0.25) is 0 Å². The van der Waals surface area contributed by atoms with Gasteiger partial charge in [-0.1, -0.05) is 29.3 Å². The number of nitriles is 1. The average Bonchev–Trinajstić information content (AvgIpc) is 2.18. The summed E-state index contributed by atoms with van der Waals surface area (Å²) in [4.78, 5) is 11.6. The maximum absolute atomic E-state index is 11.6. The molecule has 1 rings (SSSR count). The second-order valence-corrected chi connectivity index (χ2v) is 3.58. The standard InChI is InChI=1S/C10H8Cl2N2O/c11-7-3-1-4-8(12)9(7)10(15)14-6-2-5-13/h1,3-4H,2,6H2,(H,14,15). The fraction of sp³-hybridized carbons (Fsp3) is 0.200. The smallest absolute Gasteiger partial charge is 0.254 e. The highest BCUT2D eigenvalue weighted by atomic mass is 35.5. The predicted octanol–water partition coefficient (Wildman–Crippen LogP) is 2.64. The number of halogens is 2. The van der Waals surface area contributed by atoms with Crippen molar-refractivity contribution >= 4 is 29.1 Å². The Balaban J connectivity index is 2.78. The summed E-state index contributed by atoms with van der Waals surface area (Å²) in [6.07, 6.45) is 0.258. The third kappa shape index (κ3) is 3.12. The topological polar surface area (TPSA) is 52.9 Å². The van der Waals surface area contributed by atoms with E-state index in [2.05, 4.69) is 5.32 Å². The quantitative estimate of drug-likeness (QED) is 0.829. The zero-order valence-electron chi connectivity index (χ0n) is 7.76. The number of rotatable bonds is 3. The Morgan fingerprint density at radius 2 is 2.00 bits per heavy atom. The molecule has 0 unspecified atom stereocenters. The zero-order chi connectivity index (χ0) is 11.3. The Hall–Kier alpha value is -1.24. The lowest BCUT2D eigenvalue weighted by atomic mass is 10.2. The number of nitrogens with zero attached hydrogens (tertiary/aromatic N) is 1. The van der Waals surface area contributed by atoms with Gasteiger partial charge in [0.25, 0.3) is 5.91 Å². The average molecular weight is 243 g/mol. The molecular weight excluding hydrogens is 235 g/mol. The first-order valence-corrected chi connectivity index (χ1v) is 5.01. The molecule has 1 aromatic rings. The van der Waals surface area contributed by atoms with Gasteiger partial charge in [-0.15, -0.1) is 0 Å². The fourth-order valence-electron chi connectivity index (χ4n) is 1.04. The summed E-state index contributed by atoms with van der Waals surface area (Å²) in [7, 11) is 0. The molecule has 0 saturated carbocycles. The SMILES string of the molecule is N#CCCNC(=O)c1c(Cl)cccc1Cl. The normalized spacial score (nSPS) is 9.40. The van der Waals surface area contributed by atoms with E-state index in [1.54, 1.807) is 18.2 Å². The van der Waals surface area contributed by atoms with Crippen LogP contribution < -0.4 is 5.32 Å². The molecule has 0 spiro atoms. The number of carbonyl (C=O) groups excluding carboxylic acids is 1. The number of benzene rings is 1. The molecule has 0 fully saturated rings. The third-order valence-electron chi connectivity index (χ3n) is 1.71. The van der Waals surface area contributed by atoms with Gasteiger partial charge < -0.3 is 5.32 Å². The molecule has 1 N–H and O–H groups in total. The molecule has 5 heteroatoms.